The molecule has 0 saturated carbocycles. The summed E-state index contributed by atoms with van der Waals surface area (Å²) in [6, 6.07) is 0. The van der Waals surface area contributed by atoms with Crippen LogP contribution < -0.4 is 0 Å². The van der Waals surface area contributed by atoms with E-state index in [2.05, 4.69) is 12.0 Å². The molecule has 4 nitrogen and oxygen atoms in total. The van der Waals surface area contributed by atoms with Gasteiger partial charge in [0.15, 0.2) is 5.78 Å². The van der Waals surface area contributed by atoms with Crippen LogP contribution in [0.3, 0.4) is 0 Å². The highest BCUT2D eigenvalue weighted by Crippen LogP contribution is 2.19. The van der Waals surface area contributed by atoms with E-state index in [9.17, 15) is 4.79 Å². The molecule has 0 atom stereocenters. The fourth-order valence-electron chi connectivity index (χ4n) is 2.04. The number of Topliss-reactive ketones (excluding diaryl/α,β-unsaturated/α-hetero) is 1. The summed E-state index contributed by atoms with van der Waals surface area (Å²) in [5.74, 6) is 0.360. The number of ether oxygens (including phenoxy) is 1. The maximum absolute atomic E-state index is 12.1. The van der Waals surface area contributed by atoms with E-state index in [0.717, 1.165) is 31.4 Å². The van der Waals surface area contributed by atoms with Crippen molar-refractivity contribution in [2.24, 2.45) is 5.92 Å². The molecule has 88 valence electrons. The number of hydrogen-bond donors (Lipinski definition) is 0. The maximum atomic E-state index is 12.1. The van der Waals surface area contributed by atoms with Crippen LogP contribution in [0.2, 0.25) is 0 Å². The second kappa shape index (κ2) is 5.25. The third-order valence-electron chi connectivity index (χ3n) is 2.96. The summed E-state index contributed by atoms with van der Waals surface area (Å²) in [6.07, 6.45) is 6.27. The van der Waals surface area contributed by atoms with Crippen LogP contribution in [0.5, 0.6) is 0 Å². The average Bonchev–Trinajstić information content (AvgIpc) is 2.78. The van der Waals surface area contributed by atoms with E-state index >= 15 is 0 Å². The van der Waals surface area contributed by atoms with E-state index in [4.69, 9.17) is 4.74 Å². The number of carbonyl (C=O) groups excluding carboxylic acids is 1. The second-order valence-electron chi connectivity index (χ2n) is 4.24. The van der Waals surface area contributed by atoms with E-state index in [1.165, 1.54) is 0 Å². The lowest BCUT2D eigenvalue weighted by molar-refractivity contribution is 0.0545. The van der Waals surface area contributed by atoms with Gasteiger partial charge in [-0.1, -0.05) is 6.92 Å². The molecule has 1 aliphatic heterocycles. The van der Waals surface area contributed by atoms with Crippen molar-refractivity contribution in [2.75, 3.05) is 13.2 Å². The molecule has 16 heavy (non-hydrogen) atoms. The molecule has 1 aliphatic rings. The summed E-state index contributed by atoms with van der Waals surface area (Å²) in [6.45, 7) is 4.39. The zero-order chi connectivity index (χ0) is 11.4. The average molecular weight is 222 g/mol. The van der Waals surface area contributed by atoms with Crippen LogP contribution in [0.25, 0.3) is 0 Å². The van der Waals surface area contributed by atoms with E-state index in [-0.39, 0.29) is 11.7 Å². The Bertz CT molecular complexity index is 354. The van der Waals surface area contributed by atoms with E-state index in [1.54, 1.807) is 6.20 Å². The Labute approximate surface area is 95.6 Å². The van der Waals surface area contributed by atoms with Gasteiger partial charge in [-0.05, 0) is 19.3 Å². The summed E-state index contributed by atoms with van der Waals surface area (Å²) in [4.78, 5) is 12.1. The molecule has 1 aromatic heterocycles. The van der Waals surface area contributed by atoms with Crippen molar-refractivity contribution in [3.8, 4) is 0 Å². The monoisotopic (exact) mass is 222 g/mol. The van der Waals surface area contributed by atoms with E-state index in [0.29, 0.717) is 13.2 Å². The molecular formula is C12H18N2O2. The zero-order valence-corrected chi connectivity index (χ0v) is 9.69. The van der Waals surface area contributed by atoms with Crippen LogP contribution in [0.1, 0.15) is 36.5 Å². The highest BCUT2D eigenvalue weighted by molar-refractivity contribution is 5.97. The molecule has 0 spiro atoms. The number of aromatic nitrogens is 2. The van der Waals surface area contributed by atoms with E-state index in [1.807, 2.05) is 10.9 Å². The summed E-state index contributed by atoms with van der Waals surface area (Å²) in [5, 5.41) is 4.19. The Hall–Kier alpha value is -1.16. The van der Waals surface area contributed by atoms with Crippen LogP contribution >= 0.6 is 0 Å². The normalized spacial score (nSPS) is 17.6. The van der Waals surface area contributed by atoms with Gasteiger partial charge in [0.1, 0.15) is 0 Å². The minimum atomic E-state index is 0.132. The molecule has 0 aromatic carbocycles. The molecule has 0 bridgehead atoms. The Morgan fingerprint density at radius 3 is 3.00 bits per heavy atom. The van der Waals surface area contributed by atoms with Gasteiger partial charge < -0.3 is 4.74 Å². The van der Waals surface area contributed by atoms with Crippen molar-refractivity contribution in [3.05, 3.63) is 18.0 Å². The number of hydrogen-bond acceptors (Lipinski definition) is 3. The minimum absolute atomic E-state index is 0.132. The molecular weight excluding hydrogens is 204 g/mol. The van der Waals surface area contributed by atoms with Gasteiger partial charge in [0, 0.05) is 31.9 Å². The van der Waals surface area contributed by atoms with Gasteiger partial charge in [0.25, 0.3) is 0 Å². The smallest absolute Gasteiger partial charge is 0.169 e. The molecule has 2 rings (SSSR count). The fraction of sp³-hybridized carbons (Fsp3) is 0.667. The number of carbonyl (C=O) groups is 1. The van der Waals surface area contributed by atoms with Gasteiger partial charge in [-0.15, -0.1) is 0 Å². The van der Waals surface area contributed by atoms with Crippen LogP contribution in [0, 0.1) is 5.92 Å². The van der Waals surface area contributed by atoms with Gasteiger partial charge in [-0.2, -0.15) is 5.10 Å². The first kappa shape index (κ1) is 11.3. The highest BCUT2D eigenvalue weighted by atomic mass is 16.5. The number of rotatable bonds is 4. The summed E-state index contributed by atoms with van der Waals surface area (Å²) in [5.41, 5.74) is 0.750. The lowest BCUT2D eigenvalue weighted by atomic mass is 9.92. The zero-order valence-electron chi connectivity index (χ0n) is 9.69. The first-order valence-electron chi connectivity index (χ1n) is 5.95. The molecule has 0 amide bonds. The quantitative estimate of drug-likeness (QED) is 0.731. The van der Waals surface area contributed by atoms with Gasteiger partial charge in [0.05, 0.1) is 11.8 Å². The highest BCUT2D eigenvalue weighted by Gasteiger charge is 2.23. The van der Waals surface area contributed by atoms with E-state index < -0.39 is 0 Å². The van der Waals surface area contributed by atoms with Crippen molar-refractivity contribution in [1.82, 2.24) is 9.78 Å². The predicted molar refractivity (Wildman–Crippen MR) is 60.4 cm³/mol. The SMILES string of the molecule is CCCn1cc(C(=O)C2CCOCC2)cn1. The van der Waals surface area contributed by atoms with Crippen LogP contribution in [-0.4, -0.2) is 28.8 Å². The second-order valence-corrected chi connectivity index (χ2v) is 4.24. The van der Waals surface area contributed by atoms with Gasteiger partial charge in [-0.25, -0.2) is 0 Å². The van der Waals surface area contributed by atoms with Crippen molar-refractivity contribution in [3.63, 3.8) is 0 Å². The van der Waals surface area contributed by atoms with Gasteiger partial charge in [-0.3, -0.25) is 9.48 Å². The third kappa shape index (κ3) is 2.50. The Morgan fingerprint density at radius 2 is 2.31 bits per heavy atom. The topological polar surface area (TPSA) is 44.1 Å². The van der Waals surface area contributed by atoms with Crippen molar-refractivity contribution in [2.45, 2.75) is 32.7 Å². The Morgan fingerprint density at radius 1 is 1.56 bits per heavy atom. The van der Waals surface area contributed by atoms with Crippen LogP contribution in [-0.2, 0) is 11.3 Å². The Kier molecular flexibility index (Phi) is 3.72. The van der Waals surface area contributed by atoms with Crippen molar-refractivity contribution < 1.29 is 9.53 Å². The molecule has 1 aromatic rings. The van der Waals surface area contributed by atoms with Gasteiger partial charge in [0.2, 0.25) is 0 Å². The molecule has 1 saturated heterocycles. The standard InChI is InChI=1S/C12H18N2O2/c1-2-5-14-9-11(8-13-14)12(15)10-3-6-16-7-4-10/h8-10H,2-7H2,1H3. The number of ketones is 1. The van der Waals surface area contributed by atoms with Crippen molar-refractivity contribution in [1.29, 1.82) is 0 Å². The molecule has 1 fully saturated rings. The molecule has 4 heteroatoms. The predicted octanol–water partition coefficient (Wildman–Crippen LogP) is 1.90. The summed E-state index contributed by atoms with van der Waals surface area (Å²) < 4.78 is 7.10. The molecule has 0 N–H and O–H groups in total. The minimum Gasteiger partial charge on any atom is -0.381 e. The lowest BCUT2D eigenvalue weighted by Crippen LogP contribution is -2.23. The Balaban J connectivity index is 2.01. The van der Waals surface area contributed by atoms with Crippen LogP contribution in [0.4, 0.5) is 0 Å². The molecule has 2 heterocycles. The molecule has 0 aliphatic carbocycles. The number of nitrogens with zero attached hydrogens (tertiary/aromatic N) is 2. The molecule has 0 unspecified atom stereocenters. The van der Waals surface area contributed by atoms with Crippen LogP contribution in [0.15, 0.2) is 12.4 Å². The maximum Gasteiger partial charge on any atom is 0.169 e. The first-order chi connectivity index (χ1) is 7.81. The lowest BCUT2D eigenvalue weighted by Gasteiger charge is -2.19. The largest absolute Gasteiger partial charge is 0.381 e. The third-order valence-corrected chi connectivity index (χ3v) is 2.96. The van der Waals surface area contributed by atoms with Gasteiger partial charge >= 0.3 is 0 Å². The summed E-state index contributed by atoms with van der Waals surface area (Å²) in [7, 11) is 0. The summed E-state index contributed by atoms with van der Waals surface area (Å²) >= 11 is 0. The molecule has 0 radical (unpaired) electrons. The first-order valence-corrected chi connectivity index (χ1v) is 5.95. The number of aryl methyl sites for hydroxylation is 1. The fourth-order valence-corrected chi connectivity index (χ4v) is 2.04. The van der Waals surface area contributed by atoms with Crippen molar-refractivity contribution >= 4 is 5.78 Å².